The van der Waals surface area contributed by atoms with E-state index in [0.29, 0.717) is 34.4 Å². The summed E-state index contributed by atoms with van der Waals surface area (Å²) in [6, 6.07) is 18.4. The number of aromatic amines is 1. The third kappa shape index (κ3) is 4.78. The van der Waals surface area contributed by atoms with Crippen LogP contribution in [-0.4, -0.2) is 56.2 Å². The molecule has 3 aromatic heterocycles. The van der Waals surface area contributed by atoms with Crippen molar-refractivity contribution >= 4 is 11.6 Å². The van der Waals surface area contributed by atoms with Crippen molar-refractivity contribution in [3.63, 3.8) is 0 Å². The van der Waals surface area contributed by atoms with Crippen LogP contribution in [0.1, 0.15) is 10.5 Å². The summed E-state index contributed by atoms with van der Waals surface area (Å²) in [6.45, 7) is 0.439. The molecule has 3 heterocycles. The van der Waals surface area contributed by atoms with Crippen molar-refractivity contribution in [1.82, 2.24) is 35.3 Å². The van der Waals surface area contributed by atoms with Crippen LogP contribution in [0.25, 0.3) is 28.3 Å². The molecule has 10 nitrogen and oxygen atoms in total. The summed E-state index contributed by atoms with van der Waals surface area (Å²) in [7, 11) is 1.60. The van der Waals surface area contributed by atoms with E-state index in [0.717, 1.165) is 5.56 Å². The molecule has 11 heteroatoms. The van der Waals surface area contributed by atoms with Crippen LogP contribution >= 0.6 is 0 Å². The maximum absolute atomic E-state index is 13.1. The van der Waals surface area contributed by atoms with E-state index >= 15 is 0 Å². The largest absolute Gasteiger partial charge is 0.497 e. The number of benzene rings is 2. The second-order valence-electron chi connectivity index (χ2n) is 7.48. The maximum atomic E-state index is 13.1. The number of halogens is 1. The van der Waals surface area contributed by atoms with E-state index in [1.165, 1.54) is 12.1 Å². The molecule has 0 saturated heterocycles. The number of carbonyl (C=O) groups excluding carboxylic acids is 1. The van der Waals surface area contributed by atoms with E-state index in [9.17, 15) is 9.18 Å². The Morgan fingerprint density at radius 1 is 1.06 bits per heavy atom. The zero-order valence-corrected chi connectivity index (χ0v) is 18.6. The van der Waals surface area contributed by atoms with E-state index in [2.05, 4.69) is 30.8 Å². The van der Waals surface area contributed by atoms with Gasteiger partial charge in [-0.1, -0.05) is 12.1 Å². The lowest BCUT2D eigenvalue weighted by Crippen LogP contribution is -2.28. The summed E-state index contributed by atoms with van der Waals surface area (Å²) in [5.74, 6) is 0.933. The molecule has 0 fully saturated rings. The number of nitrogens with zero attached hydrogens (tertiary/aromatic N) is 5. The van der Waals surface area contributed by atoms with Gasteiger partial charge in [-0.2, -0.15) is 9.61 Å². The second-order valence-corrected chi connectivity index (χ2v) is 7.48. The lowest BCUT2D eigenvalue weighted by Gasteiger charge is -2.07. The molecule has 2 N–H and O–H groups in total. The fourth-order valence-corrected chi connectivity index (χ4v) is 3.41. The van der Waals surface area contributed by atoms with Crippen LogP contribution in [0.4, 0.5) is 4.39 Å². The van der Waals surface area contributed by atoms with Crippen molar-refractivity contribution in [2.24, 2.45) is 0 Å². The minimum absolute atomic E-state index is 0.194. The van der Waals surface area contributed by atoms with Gasteiger partial charge in [0, 0.05) is 17.2 Å². The van der Waals surface area contributed by atoms with Gasteiger partial charge in [0.25, 0.3) is 5.91 Å². The summed E-state index contributed by atoms with van der Waals surface area (Å²) < 4.78 is 25.7. The fraction of sp³-hybridized carbons (Fsp3) is 0.125. The Bertz CT molecular complexity index is 1480. The molecule has 0 aliphatic rings. The van der Waals surface area contributed by atoms with Crippen molar-refractivity contribution in [1.29, 1.82) is 0 Å². The number of methoxy groups -OCH3 is 1. The van der Waals surface area contributed by atoms with Crippen molar-refractivity contribution in [3.05, 3.63) is 78.2 Å². The van der Waals surface area contributed by atoms with E-state index in [4.69, 9.17) is 9.47 Å². The van der Waals surface area contributed by atoms with Gasteiger partial charge in [-0.05, 0) is 48.5 Å². The Morgan fingerprint density at radius 3 is 2.74 bits per heavy atom. The molecular formula is C24H20FN7O3. The average molecular weight is 473 g/mol. The first kappa shape index (κ1) is 22.0. The van der Waals surface area contributed by atoms with Crippen LogP contribution in [0, 0.1) is 5.82 Å². The zero-order chi connectivity index (χ0) is 24.2. The Morgan fingerprint density at radius 2 is 1.91 bits per heavy atom. The number of hydrogen-bond acceptors (Lipinski definition) is 7. The van der Waals surface area contributed by atoms with E-state index in [1.807, 2.05) is 24.3 Å². The molecule has 0 saturated carbocycles. The number of rotatable bonds is 8. The van der Waals surface area contributed by atoms with Gasteiger partial charge < -0.3 is 14.8 Å². The topological polar surface area (TPSA) is 119 Å². The first-order valence-electron chi connectivity index (χ1n) is 10.7. The standard InChI is InChI=1S/C24H20FN7O3/c1-34-18-4-2-3-16(13-18)23-30-29-21-9-10-22(31-32(21)23)35-12-11-26-24(33)20-14-19(27-28-20)15-5-7-17(25)8-6-15/h2-10,13-14H,11-12H2,1H3,(H,26,33)(H,27,28). The van der Waals surface area contributed by atoms with Crippen LogP contribution < -0.4 is 14.8 Å². The Balaban J connectivity index is 1.19. The molecule has 5 rings (SSSR count). The number of fused-ring (bicyclic) bond motifs is 1. The number of aromatic nitrogens is 6. The predicted molar refractivity (Wildman–Crippen MR) is 125 cm³/mol. The average Bonchev–Trinajstić information content (AvgIpc) is 3.55. The highest BCUT2D eigenvalue weighted by Crippen LogP contribution is 2.23. The number of nitrogens with one attached hydrogen (secondary N) is 2. The van der Waals surface area contributed by atoms with Crippen LogP contribution in [0.5, 0.6) is 11.6 Å². The lowest BCUT2D eigenvalue weighted by molar-refractivity contribution is 0.0941. The monoisotopic (exact) mass is 473 g/mol. The molecule has 2 aromatic carbocycles. The summed E-state index contributed by atoms with van der Waals surface area (Å²) in [5, 5.41) is 22.4. The van der Waals surface area contributed by atoms with Crippen molar-refractivity contribution in [2.45, 2.75) is 0 Å². The van der Waals surface area contributed by atoms with Crippen molar-refractivity contribution in [2.75, 3.05) is 20.3 Å². The number of hydrogen-bond donors (Lipinski definition) is 2. The predicted octanol–water partition coefficient (Wildman–Crippen LogP) is 3.14. The first-order chi connectivity index (χ1) is 17.1. The van der Waals surface area contributed by atoms with Crippen LogP contribution in [0.15, 0.2) is 66.7 Å². The molecule has 0 unspecified atom stereocenters. The third-order valence-corrected chi connectivity index (χ3v) is 5.17. The second kappa shape index (κ2) is 9.59. The van der Waals surface area contributed by atoms with Gasteiger partial charge in [-0.25, -0.2) is 4.39 Å². The molecule has 0 bridgehead atoms. The minimum Gasteiger partial charge on any atom is -0.497 e. The van der Waals surface area contributed by atoms with Gasteiger partial charge in [0.15, 0.2) is 11.5 Å². The molecule has 0 radical (unpaired) electrons. The van der Waals surface area contributed by atoms with Crippen LogP contribution in [0.2, 0.25) is 0 Å². The molecule has 35 heavy (non-hydrogen) atoms. The molecule has 0 aliphatic carbocycles. The molecule has 1 amide bonds. The Hall–Kier alpha value is -4.80. The highest BCUT2D eigenvalue weighted by atomic mass is 19.1. The first-order valence-corrected chi connectivity index (χ1v) is 10.7. The van der Waals surface area contributed by atoms with E-state index in [1.54, 1.807) is 42.0 Å². The van der Waals surface area contributed by atoms with E-state index in [-0.39, 0.29) is 30.6 Å². The molecular weight excluding hydrogens is 453 g/mol. The summed E-state index contributed by atoms with van der Waals surface area (Å²) in [4.78, 5) is 12.4. The summed E-state index contributed by atoms with van der Waals surface area (Å²) in [5.41, 5.74) is 2.91. The number of amides is 1. The van der Waals surface area contributed by atoms with Gasteiger partial charge in [-0.15, -0.1) is 15.3 Å². The maximum Gasteiger partial charge on any atom is 0.269 e. The third-order valence-electron chi connectivity index (χ3n) is 5.17. The quantitative estimate of drug-likeness (QED) is 0.332. The molecule has 0 aliphatic heterocycles. The van der Waals surface area contributed by atoms with Crippen molar-refractivity contribution in [3.8, 4) is 34.3 Å². The number of H-pyrrole nitrogens is 1. The Labute approximate surface area is 198 Å². The summed E-state index contributed by atoms with van der Waals surface area (Å²) >= 11 is 0. The van der Waals surface area contributed by atoms with Gasteiger partial charge in [0.05, 0.1) is 19.3 Å². The lowest BCUT2D eigenvalue weighted by atomic mass is 10.1. The fourth-order valence-electron chi connectivity index (χ4n) is 3.41. The van der Waals surface area contributed by atoms with Crippen LogP contribution in [-0.2, 0) is 0 Å². The molecule has 0 atom stereocenters. The Kier molecular flexibility index (Phi) is 6.03. The van der Waals surface area contributed by atoms with Crippen molar-refractivity contribution < 1.29 is 18.7 Å². The smallest absolute Gasteiger partial charge is 0.269 e. The van der Waals surface area contributed by atoms with Crippen LogP contribution in [0.3, 0.4) is 0 Å². The van der Waals surface area contributed by atoms with Gasteiger partial charge in [0.1, 0.15) is 23.9 Å². The highest BCUT2D eigenvalue weighted by Gasteiger charge is 2.13. The molecule has 176 valence electrons. The number of ether oxygens (including phenoxy) is 2. The van der Waals surface area contributed by atoms with Gasteiger partial charge >= 0.3 is 0 Å². The number of carbonyl (C=O) groups is 1. The van der Waals surface area contributed by atoms with E-state index < -0.39 is 0 Å². The van der Waals surface area contributed by atoms with Gasteiger partial charge in [0.2, 0.25) is 5.88 Å². The molecule has 5 aromatic rings. The highest BCUT2D eigenvalue weighted by molar-refractivity contribution is 5.93. The molecule has 0 spiro atoms. The SMILES string of the molecule is COc1cccc(-c2nnc3ccc(OCCNC(=O)c4cc(-c5ccc(F)cc5)n[nH]4)nn23)c1. The minimum atomic E-state index is -0.336. The zero-order valence-electron chi connectivity index (χ0n) is 18.6. The summed E-state index contributed by atoms with van der Waals surface area (Å²) in [6.07, 6.45) is 0. The van der Waals surface area contributed by atoms with Gasteiger partial charge in [-0.3, -0.25) is 9.89 Å². The normalized spacial score (nSPS) is 10.9.